The van der Waals surface area contributed by atoms with Gasteiger partial charge in [-0.1, -0.05) is 72.8 Å². The predicted octanol–water partition coefficient (Wildman–Crippen LogP) is 9.95. The number of ether oxygens (including phenoxy) is 1. The van der Waals surface area contributed by atoms with Crippen molar-refractivity contribution >= 4 is 38.4 Å². The molecule has 49 heavy (non-hydrogen) atoms. The summed E-state index contributed by atoms with van der Waals surface area (Å²) in [5.41, 5.74) is 3.23. The van der Waals surface area contributed by atoms with Gasteiger partial charge in [-0.2, -0.15) is 0 Å². The van der Waals surface area contributed by atoms with Crippen molar-refractivity contribution in [3.63, 3.8) is 0 Å². The topological polar surface area (TPSA) is 39.2 Å². The van der Waals surface area contributed by atoms with Gasteiger partial charge in [0.25, 0.3) is 0 Å². The van der Waals surface area contributed by atoms with Crippen molar-refractivity contribution in [2.45, 2.75) is 70.1 Å². The molecule has 0 radical (unpaired) electrons. The summed E-state index contributed by atoms with van der Waals surface area (Å²) in [5.74, 6) is 3.19. The molecule has 5 atom stereocenters. The van der Waals surface area contributed by atoms with E-state index >= 15 is 0 Å². The van der Waals surface area contributed by atoms with Crippen molar-refractivity contribution in [2.75, 3.05) is 13.1 Å². The highest BCUT2D eigenvalue weighted by molar-refractivity contribution is 6.02. The van der Waals surface area contributed by atoms with Crippen LogP contribution in [0.1, 0.15) is 68.6 Å². The van der Waals surface area contributed by atoms with Crippen molar-refractivity contribution < 1.29 is 14.0 Å². The Hall–Kier alpha value is -4.02. The van der Waals surface area contributed by atoms with Gasteiger partial charge in [0.2, 0.25) is 0 Å². The maximum atomic E-state index is 14.9. The summed E-state index contributed by atoms with van der Waals surface area (Å²) >= 11 is 0. The molecular formula is C45H47N2O2+. The number of nitrogens with zero attached hydrogens (tertiary/aromatic N) is 2. The predicted molar refractivity (Wildman–Crippen MR) is 197 cm³/mol. The van der Waals surface area contributed by atoms with E-state index in [0.29, 0.717) is 29.6 Å². The molecule has 4 unspecified atom stereocenters. The Morgan fingerprint density at radius 3 is 2.16 bits per heavy atom. The van der Waals surface area contributed by atoms with Gasteiger partial charge in [0.15, 0.2) is 6.10 Å². The van der Waals surface area contributed by atoms with Crippen molar-refractivity contribution in [1.82, 2.24) is 4.98 Å². The number of carbonyl (C=O) groups excluding carboxylic acids is 1. The van der Waals surface area contributed by atoms with Crippen LogP contribution >= 0.6 is 0 Å². The quantitative estimate of drug-likeness (QED) is 0.0764. The van der Waals surface area contributed by atoms with Gasteiger partial charge in [-0.3, -0.25) is 9.78 Å². The second-order valence-corrected chi connectivity index (χ2v) is 16.8. The highest BCUT2D eigenvalue weighted by Gasteiger charge is 2.59. The van der Waals surface area contributed by atoms with E-state index in [0.717, 1.165) is 66.3 Å². The van der Waals surface area contributed by atoms with Crippen molar-refractivity contribution in [3.8, 4) is 0 Å². The zero-order chi connectivity index (χ0) is 32.7. The fourth-order valence-corrected chi connectivity index (χ4v) is 12.3. The number of carbonyl (C=O) groups is 1. The Morgan fingerprint density at radius 1 is 0.857 bits per heavy atom. The van der Waals surface area contributed by atoms with Gasteiger partial charge in [-0.25, -0.2) is 0 Å². The van der Waals surface area contributed by atoms with E-state index in [1.165, 1.54) is 52.8 Å². The molecule has 4 heteroatoms. The average molecular weight is 648 g/mol. The second-order valence-electron chi connectivity index (χ2n) is 16.8. The van der Waals surface area contributed by atoms with Crippen LogP contribution in [0.3, 0.4) is 0 Å². The van der Waals surface area contributed by atoms with E-state index in [-0.39, 0.29) is 23.5 Å². The molecule has 4 aromatic carbocycles. The standard InChI is InChI=1S/C45H47N2O2/c1-2-32-27-47(28-40-36-11-5-3-9-34(36)22-35-10-4-6-12-37(35)40)18-16-33(32)23-42(47)43(39-15-17-46-41-14-8-7-13-38(39)41)49-44(48)45-24-29-19-30(25-45)21-31(20-29)26-45/h2-15,17,22,29-33,42-43H,1,16,18-21,23-28H2/q+1/t29?,30?,31?,32?,33?,42?,43-,45?,47?/m0/s1. The fourth-order valence-electron chi connectivity index (χ4n) is 12.3. The first kappa shape index (κ1) is 29.9. The van der Waals surface area contributed by atoms with Gasteiger partial charge >= 0.3 is 5.97 Å². The first-order valence-corrected chi connectivity index (χ1v) is 18.9. The number of piperidine rings is 3. The first-order valence-electron chi connectivity index (χ1n) is 18.9. The molecule has 3 saturated heterocycles. The van der Waals surface area contributed by atoms with E-state index in [1.807, 2.05) is 6.20 Å². The summed E-state index contributed by atoms with van der Waals surface area (Å²) in [6, 6.07) is 31.0. The van der Waals surface area contributed by atoms with Crippen molar-refractivity contribution in [3.05, 3.63) is 115 Å². The number of hydrogen-bond acceptors (Lipinski definition) is 3. The lowest BCUT2D eigenvalue weighted by molar-refractivity contribution is -0.984. The lowest BCUT2D eigenvalue weighted by Crippen LogP contribution is -2.68. The molecule has 0 amide bonds. The molecule has 12 rings (SSSR count). The molecule has 3 aliphatic heterocycles. The van der Waals surface area contributed by atoms with Crippen molar-refractivity contribution in [2.24, 2.45) is 35.0 Å². The van der Waals surface area contributed by atoms with E-state index in [1.54, 1.807) is 0 Å². The Bertz CT molecular complexity index is 2020. The monoisotopic (exact) mass is 647 g/mol. The number of esters is 1. The Kier molecular flexibility index (Phi) is 6.86. The number of fused-ring (bicyclic) bond motifs is 6. The lowest BCUT2D eigenvalue weighted by Gasteiger charge is -2.59. The number of benzene rings is 4. The largest absolute Gasteiger partial charge is 0.451 e. The number of pyridine rings is 1. The van der Waals surface area contributed by atoms with Crippen LogP contribution in [0.5, 0.6) is 0 Å². The normalized spacial score (nSPS) is 33.6. The third-order valence-electron chi connectivity index (χ3n) is 14.1. The van der Waals surface area contributed by atoms with Gasteiger partial charge in [0, 0.05) is 41.5 Å². The Balaban J connectivity index is 1.13. The molecule has 1 aromatic heterocycles. The second kappa shape index (κ2) is 11.3. The fraction of sp³-hybridized carbons (Fsp3) is 0.422. The zero-order valence-corrected chi connectivity index (χ0v) is 28.5. The highest BCUT2D eigenvalue weighted by Crippen LogP contribution is 2.61. The number of rotatable bonds is 7. The molecule has 7 aliphatic rings. The third kappa shape index (κ3) is 4.73. The number of quaternary nitrogens is 1. The number of hydrogen-bond donors (Lipinski definition) is 0. The Labute approximate surface area is 289 Å². The minimum Gasteiger partial charge on any atom is -0.451 e. The average Bonchev–Trinajstić information content (AvgIpc) is 3.13. The molecule has 4 aliphatic carbocycles. The van der Waals surface area contributed by atoms with E-state index < -0.39 is 0 Å². The van der Waals surface area contributed by atoms with Crippen LogP contribution in [0.4, 0.5) is 0 Å². The van der Waals surface area contributed by atoms with Crippen LogP contribution in [-0.4, -0.2) is 34.6 Å². The maximum absolute atomic E-state index is 14.9. The number of aromatic nitrogens is 1. The summed E-state index contributed by atoms with van der Waals surface area (Å²) in [5, 5.41) is 6.38. The molecule has 248 valence electrons. The molecule has 0 spiro atoms. The Morgan fingerprint density at radius 2 is 1.49 bits per heavy atom. The van der Waals surface area contributed by atoms with Gasteiger partial charge in [0.05, 0.1) is 24.0 Å². The van der Waals surface area contributed by atoms with Gasteiger partial charge < -0.3 is 9.22 Å². The minimum atomic E-state index is -0.330. The summed E-state index contributed by atoms with van der Waals surface area (Å²) in [7, 11) is 0. The summed E-state index contributed by atoms with van der Waals surface area (Å²) in [6.07, 6.45) is 13.1. The molecule has 0 N–H and O–H groups in total. The van der Waals surface area contributed by atoms with Crippen LogP contribution in [0.2, 0.25) is 0 Å². The first-order chi connectivity index (χ1) is 24.0. The van der Waals surface area contributed by atoms with Gasteiger partial charge in [0.1, 0.15) is 12.6 Å². The van der Waals surface area contributed by atoms with Crippen LogP contribution in [0, 0.1) is 35.0 Å². The van der Waals surface area contributed by atoms with Crippen LogP contribution in [0.25, 0.3) is 32.4 Å². The van der Waals surface area contributed by atoms with E-state index in [2.05, 4.69) is 97.6 Å². The summed E-state index contributed by atoms with van der Waals surface area (Å²) in [6.45, 7) is 7.40. The maximum Gasteiger partial charge on any atom is 0.312 e. The smallest absolute Gasteiger partial charge is 0.312 e. The van der Waals surface area contributed by atoms with Gasteiger partial charge in [-0.05, 0) is 102 Å². The third-order valence-corrected chi connectivity index (χ3v) is 14.1. The van der Waals surface area contributed by atoms with E-state index in [9.17, 15) is 4.79 Å². The highest BCUT2D eigenvalue weighted by atomic mass is 16.5. The van der Waals surface area contributed by atoms with Crippen LogP contribution in [0.15, 0.2) is 104 Å². The molecule has 5 aromatic rings. The molecule has 4 nitrogen and oxygen atoms in total. The zero-order valence-electron chi connectivity index (χ0n) is 28.5. The molecular weight excluding hydrogens is 601 g/mol. The van der Waals surface area contributed by atoms with E-state index in [4.69, 9.17) is 9.72 Å². The lowest BCUT2D eigenvalue weighted by atomic mass is 9.49. The summed E-state index contributed by atoms with van der Waals surface area (Å²) in [4.78, 5) is 19.7. The van der Waals surface area contributed by atoms with Crippen LogP contribution in [-0.2, 0) is 16.1 Å². The minimum absolute atomic E-state index is 0.0918. The SMILES string of the molecule is C=CC1C[N+]2(Cc3c4ccccc4cc4ccccc34)CCC1CC2[C@@H](OC(=O)C12CC3CC(CC(C3)C1)C2)c1ccnc2ccccc12. The van der Waals surface area contributed by atoms with Gasteiger partial charge in [-0.15, -0.1) is 6.58 Å². The summed E-state index contributed by atoms with van der Waals surface area (Å²) < 4.78 is 8.14. The number of para-hydroxylation sites is 1. The molecule has 4 saturated carbocycles. The molecule has 7 fully saturated rings. The molecule has 4 heterocycles. The molecule has 6 bridgehead atoms. The van der Waals surface area contributed by atoms with Crippen LogP contribution < -0.4 is 0 Å². The van der Waals surface area contributed by atoms with Crippen molar-refractivity contribution in [1.29, 1.82) is 0 Å².